The molecule has 20 heavy (non-hydrogen) atoms. The summed E-state index contributed by atoms with van der Waals surface area (Å²) >= 11 is 0. The van der Waals surface area contributed by atoms with E-state index in [0.29, 0.717) is 4.90 Å². The normalized spacial score (nSPS) is 22.1. The second kappa shape index (κ2) is 6.22. The maximum Gasteiger partial charge on any atom is 0.240 e. The summed E-state index contributed by atoms with van der Waals surface area (Å²) in [6, 6.07) is 7.25. The number of sulfonamides is 1. The number of hydrogen-bond donors (Lipinski definition) is 2. The van der Waals surface area contributed by atoms with E-state index in [1.54, 1.807) is 18.2 Å². The maximum atomic E-state index is 12.4. The minimum absolute atomic E-state index is 0.00961. The predicted molar refractivity (Wildman–Crippen MR) is 80.1 cm³/mol. The number of likely N-dealkylation sites (tertiary alicyclic amines) is 1. The maximum absolute atomic E-state index is 12.4. The number of nitrogens with one attached hydrogen (secondary N) is 2. The van der Waals surface area contributed by atoms with Crippen LogP contribution in [-0.2, 0) is 10.0 Å². The third-order valence-electron chi connectivity index (χ3n) is 3.81. The molecule has 1 aromatic carbocycles. The molecule has 1 aliphatic rings. The smallest absolute Gasteiger partial charge is 0.240 e. The van der Waals surface area contributed by atoms with Gasteiger partial charge in [-0.3, -0.25) is 0 Å². The summed E-state index contributed by atoms with van der Waals surface area (Å²) in [7, 11) is 0.427. The Bertz CT molecular complexity index is 559. The predicted octanol–water partition coefficient (Wildman–Crippen LogP) is 0.949. The van der Waals surface area contributed by atoms with Gasteiger partial charge in [-0.25, -0.2) is 13.1 Å². The topological polar surface area (TPSA) is 61.4 Å². The van der Waals surface area contributed by atoms with E-state index >= 15 is 0 Å². The van der Waals surface area contributed by atoms with Crippen molar-refractivity contribution in [3.63, 3.8) is 0 Å². The summed E-state index contributed by atoms with van der Waals surface area (Å²) in [5.74, 6) is 0. The van der Waals surface area contributed by atoms with Crippen LogP contribution >= 0.6 is 0 Å². The lowest BCUT2D eigenvalue weighted by Crippen LogP contribution is -2.36. The molecule has 0 aliphatic carbocycles. The van der Waals surface area contributed by atoms with Gasteiger partial charge in [0.1, 0.15) is 0 Å². The molecule has 2 unspecified atom stereocenters. The first-order valence-electron chi connectivity index (χ1n) is 6.90. The molecule has 2 N–H and O–H groups in total. The van der Waals surface area contributed by atoms with Gasteiger partial charge in [-0.2, -0.15) is 0 Å². The lowest BCUT2D eigenvalue weighted by atomic mass is 10.1. The van der Waals surface area contributed by atoms with Crippen molar-refractivity contribution in [2.45, 2.75) is 30.3 Å². The third-order valence-corrected chi connectivity index (χ3v) is 5.33. The van der Waals surface area contributed by atoms with Crippen molar-refractivity contribution in [3.8, 4) is 0 Å². The van der Waals surface area contributed by atoms with Crippen molar-refractivity contribution < 1.29 is 8.42 Å². The van der Waals surface area contributed by atoms with Gasteiger partial charge in [-0.1, -0.05) is 12.1 Å². The fourth-order valence-corrected chi connectivity index (χ4v) is 3.75. The van der Waals surface area contributed by atoms with Crippen molar-refractivity contribution in [2.24, 2.45) is 0 Å². The lowest BCUT2D eigenvalue weighted by molar-refractivity contribution is 0.407. The van der Waals surface area contributed by atoms with Gasteiger partial charge in [0.05, 0.1) is 4.90 Å². The summed E-state index contributed by atoms with van der Waals surface area (Å²) in [5, 5.41) is 3.12. The second-order valence-electron chi connectivity index (χ2n) is 5.45. The minimum Gasteiger partial charge on any atom is -0.313 e. The van der Waals surface area contributed by atoms with Gasteiger partial charge in [-0.15, -0.1) is 0 Å². The Morgan fingerprint density at radius 2 is 2.15 bits per heavy atom. The highest BCUT2D eigenvalue weighted by Gasteiger charge is 2.25. The molecular formula is C14H23N3O2S. The van der Waals surface area contributed by atoms with E-state index in [1.165, 1.54) is 0 Å². The third kappa shape index (κ3) is 3.58. The van der Waals surface area contributed by atoms with Crippen LogP contribution in [-0.4, -0.2) is 46.5 Å². The summed E-state index contributed by atoms with van der Waals surface area (Å²) < 4.78 is 27.6. The van der Waals surface area contributed by atoms with E-state index in [-0.39, 0.29) is 12.1 Å². The molecule has 0 radical (unpaired) electrons. The van der Waals surface area contributed by atoms with Crippen LogP contribution in [0.3, 0.4) is 0 Å². The van der Waals surface area contributed by atoms with E-state index in [1.807, 2.05) is 27.1 Å². The molecule has 0 spiro atoms. The van der Waals surface area contributed by atoms with Gasteiger partial charge < -0.3 is 10.2 Å². The molecule has 1 heterocycles. The zero-order valence-electron chi connectivity index (χ0n) is 12.3. The van der Waals surface area contributed by atoms with Gasteiger partial charge >= 0.3 is 0 Å². The van der Waals surface area contributed by atoms with E-state index in [4.69, 9.17) is 0 Å². The Balaban J connectivity index is 2.17. The molecule has 0 saturated carbocycles. The van der Waals surface area contributed by atoms with Gasteiger partial charge in [0.15, 0.2) is 0 Å². The minimum atomic E-state index is -3.44. The first-order chi connectivity index (χ1) is 9.42. The van der Waals surface area contributed by atoms with Crippen LogP contribution in [0.25, 0.3) is 0 Å². The number of rotatable bonds is 5. The molecule has 1 saturated heterocycles. The molecule has 0 bridgehead atoms. The SMILES string of the molecule is CNC(C)c1cccc(S(=O)(=O)NC2CCN(C)C2)c1. The fraction of sp³-hybridized carbons (Fsp3) is 0.571. The average Bonchev–Trinajstić information content (AvgIpc) is 2.82. The molecule has 1 aromatic rings. The summed E-state index contributed by atoms with van der Waals surface area (Å²) in [5.41, 5.74) is 0.971. The van der Waals surface area contributed by atoms with Crippen LogP contribution in [0.5, 0.6) is 0 Å². The first kappa shape index (κ1) is 15.4. The number of hydrogen-bond acceptors (Lipinski definition) is 4. The number of nitrogens with zero attached hydrogens (tertiary/aromatic N) is 1. The molecule has 0 aromatic heterocycles. The van der Waals surface area contributed by atoms with Gasteiger partial charge in [0.2, 0.25) is 10.0 Å². The van der Waals surface area contributed by atoms with Crippen molar-refractivity contribution in [1.29, 1.82) is 0 Å². The van der Waals surface area contributed by atoms with Crippen LogP contribution in [0.2, 0.25) is 0 Å². The van der Waals surface area contributed by atoms with Gasteiger partial charge in [0.25, 0.3) is 0 Å². The van der Waals surface area contributed by atoms with Crippen molar-refractivity contribution in [2.75, 3.05) is 27.2 Å². The Labute approximate surface area is 121 Å². The quantitative estimate of drug-likeness (QED) is 0.849. The Hall–Kier alpha value is -0.950. The molecule has 6 heteroatoms. The van der Waals surface area contributed by atoms with E-state index < -0.39 is 10.0 Å². The summed E-state index contributed by atoms with van der Waals surface area (Å²) in [6.07, 6.45) is 0.863. The summed E-state index contributed by atoms with van der Waals surface area (Å²) in [4.78, 5) is 2.47. The highest BCUT2D eigenvalue weighted by molar-refractivity contribution is 7.89. The largest absolute Gasteiger partial charge is 0.313 e. The standard InChI is InChI=1S/C14H23N3O2S/c1-11(15-2)12-5-4-6-14(9-12)20(18,19)16-13-7-8-17(3)10-13/h4-6,9,11,13,15-16H,7-8,10H2,1-3H3. The molecule has 112 valence electrons. The van der Waals surface area contributed by atoms with Crippen molar-refractivity contribution >= 4 is 10.0 Å². The van der Waals surface area contributed by atoms with Crippen molar-refractivity contribution in [1.82, 2.24) is 14.9 Å². The Morgan fingerprint density at radius 1 is 1.40 bits per heavy atom. The van der Waals surface area contributed by atoms with Crippen molar-refractivity contribution in [3.05, 3.63) is 29.8 Å². The van der Waals surface area contributed by atoms with Crippen LogP contribution in [0, 0.1) is 0 Å². The van der Waals surface area contributed by atoms with E-state index in [2.05, 4.69) is 14.9 Å². The average molecular weight is 297 g/mol. The van der Waals surface area contributed by atoms with E-state index in [9.17, 15) is 8.42 Å². The summed E-state index contributed by atoms with van der Waals surface area (Å²) in [6.45, 7) is 3.71. The molecule has 1 aliphatic heterocycles. The molecule has 0 amide bonds. The van der Waals surface area contributed by atoms with E-state index in [0.717, 1.165) is 25.1 Å². The number of likely N-dealkylation sites (N-methyl/N-ethyl adjacent to an activating group) is 1. The van der Waals surface area contributed by atoms with Gasteiger partial charge in [0, 0.05) is 18.6 Å². The van der Waals surface area contributed by atoms with Crippen LogP contribution in [0.15, 0.2) is 29.2 Å². The number of benzene rings is 1. The lowest BCUT2D eigenvalue weighted by Gasteiger charge is -2.15. The monoisotopic (exact) mass is 297 g/mol. The van der Waals surface area contributed by atoms with Crippen LogP contribution in [0.4, 0.5) is 0 Å². The van der Waals surface area contributed by atoms with Crippen LogP contribution in [0.1, 0.15) is 24.9 Å². The molecular weight excluding hydrogens is 274 g/mol. The fourth-order valence-electron chi connectivity index (χ4n) is 2.44. The Morgan fingerprint density at radius 3 is 2.75 bits per heavy atom. The first-order valence-corrected chi connectivity index (χ1v) is 8.39. The highest BCUT2D eigenvalue weighted by Crippen LogP contribution is 2.18. The zero-order valence-corrected chi connectivity index (χ0v) is 13.1. The van der Waals surface area contributed by atoms with Crippen LogP contribution < -0.4 is 10.0 Å². The highest BCUT2D eigenvalue weighted by atomic mass is 32.2. The molecule has 2 rings (SSSR count). The Kier molecular flexibility index (Phi) is 4.80. The molecule has 1 fully saturated rings. The zero-order chi connectivity index (χ0) is 14.8. The van der Waals surface area contributed by atoms with Gasteiger partial charge in [-0.05, 0) is 51.7 Å². The molecule has 5 nitrogen and oxygen atoms in total. The second-order valence-corrected chi connectivity index (χ2v) is 7.17. The molecule has 2 atom stereocenters.